The number of carbonyl (C=O) groups excluding carboxylic acids is 2. The lowest BCUT2D eigenvalue weighted by atomic mass is 10.1. The third kappa shape index (κ3) is 3.33. The Morgan fingerprint density at radius 3 is 2.96 bits per heavy atom. The van der Waals surface area contributed by atoms with Gasteiger partial charge >= 0.3 is 12.1 Å². The molecule has 0 saturated carbocycles. The zero-order valence-electron chi connectivity index (χ0n) is 12.9. The summed E-state index contributed by atoms with van der Waals surface area (Å²) in [5.41, 5.74) is 0.713. The van der Waals surface area contributed by atoms with Crippen molar-refractivity contribution >= 4 is 44.4 Å². The average Bonchev–Trinajstić information content (AvgIpc) is 3.08. The van der Waals surface area contributed by atoms with Crippen LogP contribution in [0.15, 0.2) is 24.3 Å². The molecule has 2 amide bonds. The highest BCUT2D eigenvalue weighted by molar-refractivity contribution is 7.23. The quantitative estimate of drug-likeness (QED) is 0.861. The number of thiophene rings is 1. The van der Waals surface area contributed by atoms with E-state index in [-0.39, 0.29) is 18.9 Å². The van der Waals surface area contributed by atoms with Crippen LogP contribution in [0.4, 0.5) is 9.80 Å². The van der Waals surface area contributed by atoms with Crippen LogP contribution >= 0.6 is 11.3 Å². The maximum atomic E-state index is 12.1. The van der Waals surface area contributed by atoms with Crippen LogP contribution < -0.4 is 10.2 Å². The van der Waals surface area contributed by atoms with Gasteiger partial charge in [-0.2, -0.15) is 0 Å². The molecule has 24 heavy (non-hydrogen) atoms. The molecule has 3 rings (SSSR count). The van der Waals surface area contributed by atoms with Gasteiger partial charge in [0.05, 0.1) is 19.5 Å². The van der Waals surface area contributed by atoms with Crippen molar-refractivity contribution in [3.05, 3.63) is 29.8 Å². The minimum absolute atomic E-state index is 0.0664. The summed E-state index contributed by atoms with van der Waals surface area (Å²) in [5.74, 6) is -1.07. The summed E-state index contributed by atoms with van der Waals surface area (Å²) < 4.78 is 6.17. The number of fused-ring (bicyclic) bond motifs is 1. The van der Waals surface area contributed by atoms with Crippen LogP contribution in [-0.4, -0.2) is 42.3 Å². The first-order valence-electron chi connectivity index (χ1n) is 7.40. The highest BCUT2D eigenvalue weighted by atomic mass is 32.1. The van der Waals surface area contributed by atoms with E-state index in [1.54, 1.807) is 6.07 Å². The number of carbonyl (C=O) groups is 3. The van der Waals surface area contributed by atoms with Crippen molar-refractivity contribution in [2.24, 2.45) is 0 Å². The number of cyclic esters (lactones) is 1. The smallest absolute Gasteiger partial charge is 0.415 e. The Morgan fingerprint density at radius 1 is 1.46 bits per heavy atom. The van der Waals surface area contributed by atoms with E-state index in [0.717, 1.165) is 10.1 Å². The second kappa shape index (κ2) is 6.48. The number of nitrogens with one attached hydrogen (secondary N) is 1. The third-order valence-electron chi connectivity index (χ3n) is 3.70. The van der Waals surface area contributed by atoms with Crippen LogP contribution in [0.1, 0.15) is 12.5 Å². The minimum atomic E-state index is -0.897. The molecule has 2 aromatic rings. The molecule has 126 valence electrons. The van der Waals surface area contributed by atoms with E-state index in [2.05, 4.69) is 5.32 Å². The second-order valence-corrected chi connectivity index (χ2v) is 6.60. The van der Waals surface area contributed by atoms with Gasteiger partial charge in [-0.15, -0.1) is 11.3 Å². The van der Waals surface area contributed by atoms with E-state index in [0.29, 0.717) is 17.1 Å². The number of hydrogen-bond donors (Lipinski definition) is 2. The first-order valence-corrected chi connectivity index (χ1v) is 8.21. The lowest BCUT2D eigenvalue weighted by molar-refractivity contribution is -0.136. The summed E-state index contributed by atoms with van der Waals surface area (Å²) >= 11 is 1.41. The molecule has 0 aliphatic carbocycles. The Balaban J connectivity index is 1.83. The molecule has 1 aliphatic rings. The van der Waals surface area contributed by atoms with E-state index in [4.69, 9.17) is 9.84 Å². The SMILES string of the molecule is CC(=O)NC[C@@H]1CN(c2cc3c(CC(=O)O)cccc3s2)C(=O)O1. The van der Waals surface area contributed by atoms with Gasteiger partial charge in [-0.3, -0.25) is 14.5 Å². The van der Waals surface area contributed by atoms with Gasteiger partial charge in [-0.25, -0.2) is 4.79 Å². The number of benzene rings is 1. The molecule has 2 N–H and O–H groups in total. The lowest BCUT2D eigenvalue weighted by Gasteiger charge is -2.09. The number of anilines is 1. The van der Waals surface area contributed by atoms with Gasteiger partial charge in [0.25, 0.3) is 0 Å². The summed E-state index contributed by atoms with van der Waals surface area (Å²) in [4.78, 5) is 35.5. The summed E-state index contributed by atoms with van der Waals surface area (Å²) in [6, 6.07) is 7.29. The molecule has 0 radical (unpaired) electrons. The molecule has 2 heterocycles. The molecule has 0 bridgehead atoms. The number of amides is 2. The van der Waals surface area contributed by atoms with Gasteiger partial charge in [-0.1, -0.05) is 12.1 Å². The predicted molar refractivity (Wildman–Crippen MR) is 89.5 cm³/mol. The van der Waals surface area contributed by atoms with Crippen LogP contribution in [0.25, 0.3) is 10.1 Å². The third-order valence-corrected chi connectivity index (χ3v) is 4.82. The molecule has 1 saturated heterocycles. The fourth-order valence-electron chi connectivity index (χ4n) is 2.62. The molecule has 1 atom stereocenters. The molecule has 0 spiro atoms. The van der Waals surface area contributed by atoms with Crippen LogP contribution in [0.2, 0.25) is 0 Å². The average molecular weight is 348 g/mol. The Kier molecular flexibility index (Phi) is 4.39. The minimum Gasteiger partial charge on any atom is -0.481 e. The fourth-order valence-corrected chi connectivity index (χ4v) is 3.73. The van der Waals surface area contributed by atoms with E-state index in [9.17, 15) is 14.4 Å². The molecule has 1 aromatic carbocycles. The molecule has 8 heteroatoms. The molecular weight excluding hydrogens is 332 g/mol. The van der Waals surface area contributed by atoms with Crippen molar-refractivity contribution < 1.29 is 24.2 Å². The highest BCUT2D eigenvalue weighted by Crippen LogP contribution is 2.36. The molecule has 7 nitrogen and oxygen atoms in total. The van der Waals surface area contributed by atoms with Crippen LogP contribution in [0.3, 0.4) is 0 Å². The zero-order valence-corrected chi connectivity index (χ0v) is 13.8. The maximum Gasteiger partial charge on any atom is 0.415 e. The van der Waals surface area contributed by atoms with Crippen molar-refractivity contribution in [3.8, 4) is 0 Å². The van der Waals surface area contributed by atoms with E-state index in [1.807, 2.05) is 18.2 Å². The first kappa shape index (κ1) is 16.3. The second-order valence-electron chi connectivity index (χ2n) is 5.54. The fraction of sp³-hybridized carbons (Fsp3) is 0.312. The number of carboxylic acids is 1. The Morgan fingerprint density at radius 2 is 2.25 bits per heavy atom. The van der Waals surface area contributed by atoms with Gasteiger partial charge in [-0.05, 0) is 23.1 Å². The van der Waals surface area contributed by atoms with Crippen molar-refractivity contribution in [2.75, 3.05) is 18.0 Å². The van der Waals surface area contributed by atoms with E-state index < -0.39 is 18.2 Å². The number of nitrogens with zero attached hydrogens (tertiary/aromatic N) is 1. The van der Waals surface area contributed by atoms with Gasteiger partial charge in [0, 0.05) is 11.6 Å². The molecular formula is C16H16N2O5S. The number of rotatable bonds is 5. The van der Waals surface area contributed by atoms with Crippen LogP contribution in [0.5, 0.6) is 0 Å². The lowest BCUT2D eigenvalue weighted by Crippen LogP contribution is -2.33. The summed E-state index contributed by atoms with van der Waals surface area (Å²) in [6.07, 6.45) is -0.926. The van der Waals surface area contributed by atoms with Crippen LogP contribution in [-0.2, 0) is 20.7 Å². The first-order chi connectivity index (χ1) is 11.4. The van der Waals surface area contributed by atoms with Gasteiger partial charge in [0.15, 0.2) is 0 Å². The van der Waals surface area contributed by atoms with Crippen molar-refractivity contribution in [3.63, 3.8) is 0 Å². The van der Waals surface area contributed by atoms with Crippen molar-refractivity contribution in [2.45, 2.75) is 19.4 Å². The Hall–Kier alpha value is -2.61. The normalized spacial score (nSPS) is 17.1. The monoisotopic (exact) mass is 348 g/mol. The van der Waals surface area contributed by atoms with E-state index >= 15 is 0 Å². The topological polar surface area (TPSA) is 95.9 Å². The van der Waals surface area contributed by atoms with Crippen molar-refractivity contribution in [1.29, 1.82) is 0 Å². The predicted octanol–water partition coefficient (Wildman–Crippen LogP) is 1.99. The molecule has 1 aromatic heterocycles. The number of hydrogen-bond acceptors (Lipinski definition) is 5. The van der Waals surface area contributed by atoms with Gasteiger partial charge in [0.2, 0.25) is 5.91 Å². The standard InChI is InChI=1S/C16H16N2O5S/c1-9(19)17-7-11-8-18(16(22)23-11)14-6-12-10(5-15(20)21)3-2-4-13(12)24-14/h2-4,6,11H,5,7-8H2,1H3,(H,17,19)(H,20,21)/t11-/m1/s1. The van der Waals surface area contributed by atoms with Crippen molar-refractivity contribution in [1.82, 2.24) is 5.32 Å². The van der Waals surface area contributed by atoms with E-state index in [1.165, 1.54) is 23.2 Å². The van der Waals surface area contributed by atoms with Gasteiger partial charge < -0.3 is 15.2 Å². The number of ether oxygens (including phenoxy) is 1. The largest absolute Gasteiger partial charge is 0.481 e. The molecule has 1 fully saturated rings. The van der Waals surface area contributed by atoms with Crippen LogP contribution in [0, 0.1) is 0 Å². The number of carboxylic acid groups (broad SMARTS) is 1. The van der Waals surface area contributed by atoms with Gasteiger partial charge in [0.1, 0.15) is 11.1 Å². The Labute approximate surface area is 141 Å². The number of aliphatic carboxylic acids is 1. The summed E-state index contributed by atoms with van der Waals surface area (Å²) in [6.45, 7) is 2.03. The zero-order chi connectivity index (χ0) is 17.3. The highest BCUT2D eigenvalue weighted by Gasteiger charge is 2.33. The molecule has 1 aliphatic heterocycles. The maximum absolute atomic E-state index is 12.1. The molecule has 0 unspecified atom stereocenters. The Bertz CT molecular complexity index is 816. The summed E-state index contributed by atoms with van der Waals surface area (Å²) in [5, 5.41) is 13.2. The summed E-state index contributed by atoms with van der Waals surface area (Å²) in [7, 11) is 0.